The summed E-state index contributed by atoms with van der Waals surface area (Å²) in [4.78, 5) is 37.0. The Labute approximate surface area is 175 Å². The number of Topliss-reactive ketones (excluding diaryl/α,β-unsaturated/α-hetero) is 1. The van der Waals surface area contributed by atoms with Crippen molar-refractivity contribution >= 4 is 28.7 Å². The lowest BCUT2D eigenvalue weighted by molar-refractivity contribution is -0.323. The predicted molar refractivity (Wildman–Crippen MR) is 99.2 cm³/mol. The first kappa shape index (κ1) is 20.2. The van der Waals surface area contributed by atoms with Gasteiger partial charge in [-0.2, -0.15) is 0 Å². The van der Waals surface area contributed by atoms with Gasteiger partial charge in [0.05, 0.1) is 19.5 Å². The number of nitrogens with zero attached hydrogens (tertiary/aromatic N) is 4. The molecule has 13 heteroatoms. The molecule has 1 unspecified atom stereocenters. The molecule has 0 bridgehead atoms. The number of nitrogens with two attached hydrogens (primary N) is 1. The maximum atomic E-state index is 12.7. The number of rotatable bonds is 3. The van der Waals surface area contributed by atoms with Gasteiger partial charge in [0.2, 0.25) is 0 Å². The number of esters is 1. The molecule has 0 saturated carbocycles. The van der Waals surface area contributed by atoms with Crippen molar-refractivity contribution in [2.75, 3.05) is 20.0 Å². The van der Waals surface area contributed by atoms with E-state index in [1.165, 1.54) is 26.9 Å². The Morgan fingerprint density at radius 2 is 2.13 bits per heavy atom. The number of methoxy groups -OCH3 is 2. The molecule has 3 saturated heterocycles. The molecule has 5 rings (SSSR count). The van der Waals surface area contributed by atoms with Crippen LogP contribution in [0.3, 0.4) is 0 Å². The highest BCUT2D eigenvalue weighted by atomic mass is 16.7. The molecule has 3 aliphatic heterocycles. The van der Waals surface area contributed by atoms with Gasteiger partial charge in [0.15, 0.2) is 29.6 Å². The van der Waals surface area contributed by atoms with Gasteiger partial charge in [0.1, 0.15) is 30.2 Å². The normalized spacial score (nSPS) is 37.5. The van der Waals surface area contributed by atoms with E-state index in [0.29, 0.717) is 11.2 Å². The van der Waals surface area contributed by atoms with Gasteiger partial charge in [-0.1, -0.05) is 0 Å². The lowest BCUT2D eigenvalue weighted by Gasteiger charge is -2.46. The zero-order chi connectivity index (χ0) is 21.9. The van der Waals surface area contributed by atoms with Gasteiger partial charge in [-0.3, -0.25) is 9.36 Å². The van der Waals surface area contributed by atoms with Gasteiger partial charge in [0.25, 0.3) is 5.79 Å². The van der Waals surface area contributed by atoms with E-state index >= 15 is 0 Å². The summed E-state index contributed by atoms with van der Waals surface area (Å²) >= 11 is 0. The fourth-order valence-electron chi connectivity index (χ4n) is 4.45. The summed E-state index contributed by atoms with van der Waals surface area (Å²) in [6, 6.07) is 0. The third-order valence-corrected chi connectivity index (χ3v) is 5.98. The van der Waals surface area contributed by atoms with Crippen LogP contribution in [0.15, 0.2) is 12.7 Å². The first-order valence-corrected chi connectivity index (χ1v) is 9.65. The summed E-state index contributed by atoms with van der Waals surface area (Å²) in [5.74, 6) is -3.36. The lowest BCUT2D eigenvalue weighted by atomic mass is 9.87. The van der Waals surface area contributed by atoms with Crippen molar-refractivity contribution in [2.45, 2.75) is 55.4 Å². The summed E-state index contributed by atoms with van der Waals surface area (Å²) in [6.45, 7) is 0. The van der Waals surface area contributed by atoms with Crippen molar-refractivity contribution in [3.63, 3.8) is 0 Å². The van der Waals surface area contributed by atoms with E-state index in [1.807, 2.05) is 0 Å². The third-order valence-electron chi connectivity index (χ3n) is 5.98. The van der Waals surface area contributed by atoms with Crippen molar-refractivity contribution in [3.05, 3.63) is 12.7 Å². The summed E-state index contributed by atoms with van der Waals surface area (Å²) in [6.07, 6.45) is -2.47. The van der Waals surface area contributed by atoms with Crippen LogP contribution in [-0.4, -0.2) is 86.9 Å². The zero-order valence-corrected chi connectivity index (χ0v) is 16.7. The van der Waals surface area contributed by atoms with E-state index in [0.717, 1.165) is 0 Å². The van der Waals surface area contributed by atoms with Gasteiger partial charge >= 0.3 is 5.97 Å². The molecule has 0 aromatic carbocycles. The van der Waals surface area contributed by atoms with Crippen LogP contribution in [0.4, 0.5) is 5.82 Å². The number of hydrogen-bond acceptors (Lipinski definition) is 12. The van der Waals surface area contributed by atoms with Crippen molar-refractivity contribution in [3.8, 4) is 0 Å². The van der Waals surface area contributed by atoms with E-state index in [2.05, 4.69) is 19.7 Å². The highest BCUT2D eigenvalue weighted by Gasteiger charge is 2.63. The molecule has 13 nitrogen and oxygen atoms in total. The number of aromatic nitrogens is 4. The maximum absolute atomic E-state index is 12.7. The van der Waals surface area contributed by atoms with Crippen LogP contribution >= 0.6 is 0 Å². The molecule has 3 N–H and O–H groups in total. The molecular weight excluding hydrogens is 414 g/mol. The van der Waals surface area contributed by atoms with Crippen LogP contribution < -0.4 is 5.73 Å². The van der Waals surface area contributed by atoms with Gasteiger partial charge in [-0.05, 0) is 0 Å². The summed E-state index contributed by atoms with van der Waals surface area (Å²) < 4.78 is 29.6. The fourth-order valence-corrected chi connectivity index (χ4v) is 4.45. The number of nitrogen functional groups attached to an aromatic ring is 1. The van der Waals surface area contributed by atoms with E-state index in [4.69, 9.17) is 24.7 Å². The minimum atomic E-state index is -2.22. The molecule has 31 heavy (non-hydrogen) atoms. The van der Waals surface area contributed by atoms with Gasteiger partial charge in [-0.15, -0.1) is 0 Å². The van der Waals surface area contributed by atoms with Crippen LogP contribution in [0, 0.1) is 0 Å². The molecule has 3 fully saturated rings. The Bertz CT molecular complexity index is 1050. The van der Waals surface area contributed by atoms with E-state index < -0.39 is 54.3 Å². The minimum Gasteiger partial charge on any atom is -0.467 e. The first-order valence-electron chi connectivity index (χ1n) is 9.65. The Hall–Kier alpha value is -2.71. The maximum Gasteiger partial charge on any atom is 0.335 e. The molecule has 0 aliphatic carbocycles. The molecule has 2 aromatic rings. The number of hydrogen-bond donors (Lipinski definition) is 2. The minimum absolute atomic E-state index is 0.0977. The zero-order valence-electron chi connectivity index (χ0n) is 16.7. The van der Waals surface area contributed by atoms with Crippen molar-refractivity contribution in [1.82, 2.24) is 19.5 Å². The number of fused-ring (bicyclic) bond motifs is 3. The van der Waals surface area contributed by atoms with Crippen molar-refractivity contribution in [1.29, 1.82) is 0 Å². The van der Waals surface area contributed by atoms with Crippen molar-refractivity contribution < 1.29 is 38.4 Å². The number of ether oxygens (including phenoxy) is 5. The van der Waals surface area contributed by atoms with Crippen LogP contribution in [0.2, 0.25) is 0 Å². The second kappa shape index (κ2) is 7.17. The highest BCUT2D eigenvalue weighted by Crippen LogP contribution is 2.45. The molecule has 166 valence electrons. The van der Waals surface area contributed by atoms with Crippen LogP contribution in [0.5, 0.6) is 0 Å². The smallest absolute Gasteiger partial charge is 0.335 e. The quantitative estimate of drug-likeness (QED) is 0.547. The molecule has 0 amide bonds. The van der Waals surface area contributed by atoms with E-state index in [9.17, 15) is 14.7 Å². The number of aliphatic hydroxyl groups is 1. The van der Waals surface area contributed by atoms with Gasteiger partial charge < -0.3 is 34.5 Å². The standard InChI is InChI=1S/C18H21N5O8/c1-27-13-12-7(30-16(13)23-6-22-11-14(19)20-5-21-15(11)23)4-10-18(26,31-12)9(24)3-8(29-10)17(25)28-2/h5-8,10,12-13,16,26H,3-4H2,1-2H3,(H2,19,20,21)/t7-,8+,10-,12-,13-,16?,18+/m1/s1. The molecule has 0 spiro atoms. The Kier molecular flexibility index (Phi) is 4.67. The fraction of sp³-hybridized carbons (Fsp3) is 0.611. The first-order chi connectivity index (χ1) is 14.9. The largest absolute Gasteiger partial charge is 0.467 e. The van der Waals surface area contributed by atoms with E-state index in [1.54, 1.807) is 4.57 Å². The number of anilines is 1. The topological polar surface area (TPSA) is 170 Å². The van der Waals surface area contributed by atoms with E-state index in [-0.39, 0.29) is 18.7 Å². The Morgan fingerprint density at radius 3 is 2.87 bits per heavy atom. The number of carbonyl (C=O) groups excluding carboxylic acids is 2. The average Bonchev–Trinajstić information content (AvgIpc) is 3.33. The summed E-state index contributed by atoms with van der Waals surface area (Å²) in [5, 5.41) is 11.0. The highest BCUT2D eigenvalue weighted by molar-refractivity contribution is 5.92. The summed E-state index contributed by atoms with van der Waals surface area (Å²) in [5.41, 5.74) is 6.71. The molecule has 5 heterocycles. The predicted octanol–water partition coefficient (Wildman–Crippen LogP) is -1.30. The second-order valence-electron chi connectivity index (χ2n) is 7.63. The average molecular weight is 435 g/mol. The van der Waals surface area contributed by atoms with Crippen LogP contribution in [-0.2, 0) is 33.3 Å². The SMILES string of the molecule is COC(=O)[C@@H]1CC(=O)[C@]2(O)O[C@@H]3[C@@H](C[C@H]2O1)OC(n1cnc2c(N)ncnc21)[C@@H]3OC. The monoisotopic (exact) mass is 435 g/mol. The number of ketones is 1. The lowest BCUT2D eigenvalue weighted by Crippen LogP contribution is -2.66. The van der Waals surface area contributed by atoms with Gasteiger partial charge in [-0.25, -0.2) is 19.7 Å². The van der Waals surface area contributed by atoms with Crippen LogP contribution in [0.25, 0.3) is 11.2 Å². The molecule has 3 aliphatic rings. The molecule has 0 radical (unpaired) electrons. The van der Waals surface area contributed by atoms with Crippen LogP contribution in [0.1, 0.15) is 19.1 Å². The molecule has 7 atom stereocenters. The second-order valence-corrected chi connectivity index (χ2v) is 7.63. The third kappa shape index (κ3) is 2.92. The molecule has 2 aromatic heterocycles. The Morgan fingerprint density at radius 1 is 1.32 bits per heavy atom. The molecular formula is C18H21N5O8. The van der Waals surface area contributed by atoms with Gasteiger partial charge in [0, 0.05) is 20.0 Å². The number of carbonyl (C=O) groups is 2. The Balaban J connectivity index is 1.46. The number of imidazole rings is 1. The summed E-state index contributed by atoms with van der Waals surface area (Å²) in [7, 11) is 2.67. The van der Waals surface area contributed by atoms with Crippen molar-refractivity contribution in [2.24, 2.45) is 0 Å².